The molecule has 0 aromatic heterocycles. The Morgan fingerprint density at radius 3 is 2.59 bits per heavy atom. The van der Waals surface area contributed by atoms with E-state index in [1.807, 2.05) is 0 Å². The van der Waals surface area contributed by atoms with E-state index in [4.69, 9.17) is 10.5 Å². The van der Waals surface area contributed by atoms with Crippen molar-refractivity contribution >= 4 is 0 Å². The van der Waals surface area contributed by atoms with Crippen LogP contribution in [-0.4, -0.2) is 18.2 Å². The number of hydrogen-bond acceptors (Lipinski definition) is 2. The van der Waals surface area contributed by atoms with Gasteiger partial charge in [0.1, 0.15) is 0 Å². The first kappa shape index (κ1) is 15.0. The molecule has 4 atom stereocenters. The zero-order valence-electron chi connectivity index (χ0n) is 12.0. The molecule has 17 heavy (non-hydrogen) atoms. The molecule has 1 aliphatic rings. The predicted octanol–water partition coefficient (Wildman–Crippen LogP) is 3.88. The lowest BCUT2D eigenvalue weighted by Gasteiger charge is -2.33. The van der Waals surface area contributed by atoms with E-state index >= 15 is 0 Å². The summed E-state index contributed by atoms with van der Waals surface area (Å²) in [5.41, 5.74) is 6.20. The maximum atomic E-state index is 6.26. The second-order valence-electron chi connectivity index (χ2n) is 5.60. The van der Waals surface area contributed by atoms with Gasteiger partial charge in [-0.1, -0.05) is 46.5 Å². The summed E-state index contributed by atoms with van der Waals surface area (Å²) in [5, 5.41) is 0. The van der Waals surface area contributed by atoms with Crippen molar-refractivity contribution in [2.45, 2.75) is 90.4 Å². The molecule has 0 radical (unpaired) electrons. The summed E-state index contributed by atoms with van der Waals surface area (Å²) in [7, 11) is 0. The van der Waals surface area contributed by atoms with Gasteiger partial charge >= 0.3 is 0 Å². The van der Waals surface area contributed by atoms with Gasteiger partial charge < -0.3 is 10.5 Å². The lowest BCUT2D eigenvalue weighted by Crippen LogP contribution is -2.39. The Balaban J connectivity index is 2.38. The Morgan fingerprint density at radius 1 is 1.24 bits per heavy atom. The monoisotopic (exact) mass is 241 g/mol. The molecule has 0 aliphatic heterocycles. The molecular formula is C15H31NO. The Hall–Kier alpha value is -0.0800. The van der Waals surface area contributed by atoms with Crippen molar-refractivity contribution in [3.8, 4) is 0 Å². The maximum Gasteiger partial charge on any atom is 0.0727 e. The Bertz CT molecular complexity index is 195. The van der Waals surface area contributed by atoms with Crippen LogP contribution in [0.3, 0.4) is 0 Å². The van der Waals surface area contributed by atoms with Crippen LogP contribution in [0.15, 0.2) is 0 Å². The summed E-state index contributed by atoms with van der Waals surface area (Å²) in [6, 6.07) is 0.229. The highest BCUT2D eigenvalue weighted by atomic mass is 16.5. The van der Waals surface area contributed by atoms with Gasteiger partial charge in [-0.25, -0.2) is 0 Å². The van der Waals surface area contributed by atoms with Gasteiger partial charge in [0.05, 0.1) is 12.2 Å². The van der Waals surface area contributed by atoms with E-state index in [2.05, 4.69) is 20.8 Å². The zero-order chi connectivity index (χ0) is 12.7. The average Bonchev–Trinajstić information content (AvgIpc) is 2.36. The van der Waals surface area contributed by atoms with Crippen LogP contribution in [-0.2, 0) is 4.74 Å². The molecule has 2 heteroatoms. The minimum Gasteiger partial charge on any atom is -0.373 e. The quantitative estimate of drug-likeness (QED) is 0.734. The minimum atomic E-state index is 0.229. The maximum absolute atomic E-state index is 6.26. The summed E-state index contributed by atoms with van der Waals surface area (Å²) in [4.78, 5) is 0. The highest BCUT2D eigenvalue weighted by Crippen LogP contribution is 2.29. The van der Waals surface area contributed by atoms with Crippen molar-refractivity contribution < 1.29 is 4.74 Å². The fourth-order valence-corrected chi connectivity index (χ4v) is 3.00. The van der Waals surface area contributed by atoms with E-state index in [0.717, 1.165) is 25.2 Å². The highest BCUT2D eigenvalue weighted by Gasteiger charge is 2.25. The molecule has 4 unspecified atom stereocenters. The largest absolute Gasteiger partial charge is 0.373 e. The zero-order valence-corrected chi connectivity index (χ0v) is 12.0. The molecule has 0 aromatic carbocycles. The summed E-state index contributed by atoms with van der Waals surface area (Å²) >= 11 is 0. The van der Waals surface area contributed by atoms with E-state index in [9.17, 15) is 0 Å². The first-order chi connectivity index (χ1) is 8.21. The second-order valence-corrected chi connectivity index (χ2v) is 5.60. The first-order valence-corrected chi connectivity index (χ1v) is 7.62. The third kappa shape index (κ3) is 4.97. The van der Waals surface area contributed by atoms with E-state index < -0.39 is 0 Å². The molecule has 0 heterocycles. The molecule has 1 fully saturated rings. The topological polar surface area (TPSA) is 35.2 Å². The van der Waals surface area contributed by atoms with E-state index in [0.29, 0.717) is 6.10 Å². The van der Waals surface area contributed by atoms with Crippen molar-refractivity contribution in [1.82, 2.24) is 0 Å². The SMILES string of the molecule is CCCC(N)C(CC)OC1CCCC(CC)C1. The lowest BCUT2D eigenvalue weighted by molar-refractivity contribution is -0.0534. The van der Waals surface area contributed by atoms with Gasteiger partial charge in [-0.3, -0.25) is 0 Å². The molecule has 0 amide bonds. The van der Waals surface area contributed by atoms with Gasteiger partial charge in [0.15, 0.2) is 0 Å². The van der Waals surface area contributed by atoms with Crippen LogP contribution in [0.25, 0.3) is 0 Å². The van der Waals surface area contributed by atoms with Crippen molar-refractivity contribution in [3.63, 3.8) is 0 Å². The smallest absolute Gasteiger partial charge is 0.0727 e. The summed E-state index contributed by atoms with van der Waals surface area (Å²) < 4.78 is 6.26. The van der Waals surface area contributed by atoms with E-state index in [-0.39, 0.29) is 12.1 Å². The van der Waals surface area contributed by atoms with E-state index in [1.165, 1.54) is 32.1 Å². The molecule has 1 rings (SSSR count). The van der Waals surface area contributed by atoms with Gasteiger partial charge in [-0.2, -0.15) is 0 Å². The second kappa shape index (κ2) is 8.10. The van der Waals surface area contributed by atoms with Gasteiger partial charge in [0.2, 0.25) is 0 Å². The Morgan fingerprint density at radius 2 is 2.00 bits per heavy atom. The van der Waals surface area contributed by atoms with Gasteiger partial charge in [-0.05, 0) is 31.6 Å². The fraction of sp³-hybridized carbons (Fsp3) is 1.00. The summed E-state index contributed by atoms with van der Waals surface area (Å²) in [5.74, 6) is 0.883. The standard InChI is InChI=1S/C15H31NO/c1-4-8-14(16)15(6-3)17-13-10-7-9-12(5-2)11-13/h12-15H,4-11,16H2,1-3H3. The molecule has 0 bridgehead atoms. The minimum absolute atomic E-state index is 0.229. The lowest BCUT2D eigenvalue weighted by atomic mass is 9.85. The number of hydrogen-bond donors (Lipinski definition) is 1. The molecule has 0 aromatic rings. The van der Waals surface area contributed by atoms with Crippen LogP contribution in [0.4, 0.5) is 0 Å². The third-order valence-electron chi connectivity index (χ3n) is 4.18. The summed E-state index contributed by atoms with van der Waals surface area (Å²) in [6.07, 6.45) is 10.6. The molecule has 102 valence electrons. The Labute approximate surface area is 107 Å². The number of rotatable bonds is 7. The van der Waals surface area contributed by atoms with Crippen molar-refractivity contribution in [2.24, 2.45) is 11.7 Å². The Kier molecular flexibility index (Phi) is 7.14. The van der Waals surface area contributed by atoms with E-state index in [1.54, 1.807) is 0 Å². The van der Waals surface area contributed by atoms with Crippen molar-refractivity contribution in [2.75, 3.05) is 0 Å². The molecule has 0 saturated heterocycles. The predicted molar refractivity (Wildman–Crippen MR) is 74.1 cm³/mol. The molecular weight excluding hydrogens is 210 g/mol. The van der Waals surface area contributed by atoms with Crippen molar-refractivity contribution in [3.05, 3.63) is 0 Å². The van der Waals surface area contributed by atoms with Gasteiger partial charge in [0, 0.05) is 6.04 Å². The van der Waals surface area contributed by atoms with Crippen LogP contribution < -0.4 is 5.73 Å². The van der Waals surface area contributed by atoms with Crippen LogP contribution in [0.1, 0.15) is 72.1 Å². The molecule has 0 spiro atoms. The summed E-state index contributed by atoms with van der Waals surface area (Å²) in [6.45, 7) is 6.69. The van der Waals surface area contributed by atoms with Gasteiger partial charge in [-0.15, -0.1) is 0 Å². The van der Waals surface area contributed by atoms with Crippen LogP contribution in [0.2, 0.25) is 0 Å². The van der Waals surface area contributed by atoms with Crippen LogP contribution >= 0.6 is 0 Å². The number of ether oxygens (including phenoxy) is 1. The highest BCUT2D eigenvalue weighted by molar-refractivity contribution is 4.78. The molecule has 1 saturated carbocycles. The molecule has 2 nitrogen and oxygen atoms in total. The molecule has 1 aliphatic carbocycles. The number of nitrogens with two attached hydrogens (primary N) is 1. The normalized spacial score (nSPS) is 28.9. The van der Waals surface area contributed by atoms with Crippen molar-refractivity contribution in [1.29, 1.82) is 0 Å². The average molecular weight is 241 g/mol. The van der Waals surface area contributed by atoms with Gasteiger partial charge in [0.25, 0.3) is 0 Å². The van der Waals surface area contributed by atoms with Crippen LogP contribution in [0, 0.1) is 5.92 Å². The first-order valence-electron chi connectivity index (χ1n) is 7.62. The third-order valence-corrected chi connectivity index (χ3v) is 4.18. The fourth-order valence-electron chi connectivity index (χ4n) is 3.00. The van der Waals surface area contributed by atoms with Crippen LogP contribution in [0.5, 0.6) is 0 Å². The molecule has 2 N–H and O–H groups in total.